The molecule has 15 heavy (non-hydrogen) atoms. The number of para-hydroxylation sites is 1. The van der Waals surface area contributed by atoms with Crippen LogP contribution in [0.5, 0.6) is 5.75 Å². The maximum Gasteiger partial charge on any atom is 0.120 e. The Labute approximate surface area is 97.4 Å². The smallest absolute Gasteiger partial charge is 0.120 e. The predicted molar refractivity (Wildman–Crippen MR) is 64.8 cm³/mol. The minimum absolute atomic E-state index is 0. The van der Waals surface area contributed by atoms with Crippen molar-refractivity contribution in [2.45, 2.75) is 25.4 Å². The summed E-state index contributed by atoms with van der Waals surface area (Å²) in [6.45, 7) is 4.31. The Kier molecular flexibility index (Phi) is 4.43. The molecule has 1 fully saturated rings. The molecule has 0 unspecified atom stereocenters. The Balaban J connectivity index is 0.00000112. The van der Waals surface area contributed by atoms with Crippen LogP contribution in [0.15, 0.2) is 30.3 Å². The molecule has 1 aliphatic heterocycles. The summed E-state index contributed by atoms with van der Waals surface area (Å²) in [6, 6.07) is 10.1. The molecule has 2 rings (SSSR count). The van der Waals surface area contributed by atoms with E-state index in [-0.39, 0.29) is 18.0 Å². The van der Waals surface area contributed by atoms with Gasteiger partial charge >= 0.3 is 0 Å². The van der Waals surface area contributed by atoms with Gasteiger partial charge in [-0.05, 0) is 45.0 Å². The summed E-state index contributed by atoms with van der Waals surface area (Å²) in [5, 5.41) is 3.35. The van der Waals surface area contributed by atoms with Crippen molar-refractivity contribution in [3.63, 3.8) is 0 Å². The lowest BCUT2D eigenvalue weighted by atomic mass is 9.94. The van der Waals surface area contributed by atoms with Crippen molar-refractivity contribution in [2.75, 3.05) is 13.1 Å². The van der Waals surface area contributed by atoms with Gasteiger partial charge in [0.25, 0.3) is 0 Å². The van der Waals surface area contributed by atoms with Crippen LogP contribution < -0.4 is 10.1 Å². The lowest BCUT2D eigenvalue weighted by molar-refractivity contribution is 0.0556. The molecule has 1 N–H and O–H groups in total. The van der Waals surface area contributed by atoms with Crippen LogP contribution in [0, 0.1) is 0 Å². The zero-order valence-corrected chi connectivity index (χ0v) is 9.85. The first kappa shape index (κ1) is 12.3. The Hall–Kier alpha value is -0.730. The zero-order chi connectivity index (χ0) is 9.86. The highest BCUT2D eigenvalue weighted by Gasteiger charge is 2.28. The molecule has 1 aliphatic rings. The van der Waals surface area contributed by atoms with E-state index in [4.69, 9.17) is 4.74 Å². The second-order valence-corrected chi connectivity index (χ2v) is 4.12. The number of halogens is 1. The van der Waals surface area contributed by atoms with E-state index in [9.17, 15) is 0 Å². The summed E-state index contributed by atoms with van der Waals surface area (Å²) < 4.78 is 6.00. The monoisotopic (exact) mass is 227 g/mol. The summed E-state index contributed by atoms with van der Waals surface area (Å²) in [5.74, 6) is 0.983. The fourth-order valence-corrected chi connectivity index (χ4v) is 1.83. The van der Waals surface area contributed by atoms with Crippen LogP contribution in [-0.2, 0) is 0 Å². The summed E-state index contributed by atoms with van der Waals surface area (Å²) in [7, 11) is 0. The Morgan fingerprint density at radius 3 is 2.33 bits per heavy atom. The minimum Gasteiger partial charge on any atom is -0.487 e. The number of rotatable bonds is 2. The lowest BCUT2D eigenvalue weighted by Crippen LogP contribution is -2.43. The minimum atomic E-state index is 0. The highest BCUT2D eigenvalue weighted by atomic mass is 35.5. The van der Waals surface area contributed by atoms with E-state index in [0.717, 1.165) is 31.7 Å². The van der Waals surface area contributed by atoms with Crippen LogP contribution in [0.4, 0.5) is 0 Å². The van der Waals surface area contributed by atoms with Gasteiger partial charge in [0.05, 0.1) is 0 Å². The van der Waals surface area contributed by atoms with Crippen molar-refractivity contribution in [3.8, 4) is 5.75 Å². The molecule has 1 aromatic carbocycles. The van der Waals surface area contributed by atoms with Gasteiger partial charge < -0.3 is 10.1 Å². The van der Waals surface area contributed by atoms with Gasteiger partial charge in [0, 0.05) is 0 Å². The largest absolute Gasteiger partial charge is 0.487 e. The van der Waals surface area contributed by atoms with Crippen molar-refractivity contribution in [1.82, 2.24) is 5.32 Å². The van der Waals surface area contributed by atoms with E-state index < -0.39 is 0 Å². The van der Waals surface area contributed by atoms with Crippen LogP contribution in [-0.4, -0.2) is 18.7 Å². The SMILES string of the molecule is CC1(Oc2ccccc2)CCNCC1.Cl. The second-order valence-electron chi connectivity index (χ2n) is 4.12. The predicted octanol–water partition coefficient (Wildman–Crippen LogP) is 2.63. The number of hydrogen-bond acceptors (Lipinski definition) is 2. The van der Waals surface area contributed by atoms with Crippen molar-refractivity contribution in [1.29, 1.82) is 0 Å². The third-order valence-corrected chi connectivity index (χ3v) is 2.77. The molecule has 84 valence electrons. The zero-order valence-electron chi connectivity index (χ0n) is 9.03. The van der Waals surface area contributed by atoms with E-state index in [1.165, 1.54) is 0 Å². The molecular weight excluding hydrogens is 210 g/mol. The Morgan fingerprint density at radius 2 is 1.73 bits per heavy atom. The summed E-state index contributed by atoms with van der Waals surface area (Å²) in [4.78, 5) is 0. The summed E-state index contributed by atoms with van der Waals surface area (Å²) in [6.07, 6.45) is 2.17. The van der Waals surface area contributed by atoms with Gasteiger partial charge in [-0.2, -0.15) is 0 Å². The highest BCUT2D eigenvalue weighted by Crippen LogP contribution is 2.25. The first-order chi connectivity index (χ1) is 6.79. The van der Waals surface area contributed by atoms with Crippen LogP contribution >= 0.6 is 12.4 Å². The molecule has 1 heterocycles. The molecule has 0 atom stereocenters. The van der Waals surface area contributed by atoms with Crippen LogP contribution in [0.1, 0.15) is 19.8 Å². The molecule has 1 saturated heterocycles. The third kappa shape index (κ3) is 3.40. The van der Waals surface area contributed by atoms with E-state index in [0.29, 0.717) is 0 Å². The highest BCUT2D eigenvalue weighted by molar-refractivity contribution is 5.85. The second kappa shape index (κ2) is 5.38. The fraction of sp³-hybridized carbons (Fsp3) is 0.500. The molecule has 0 spiro atoms. The fourth-order valence-electron chi connectivity index (χ4n) is 1.83. The van der Waals surface area contributed by atoms with Crippen molar-refractivity contribution >= 4 is 12.4 Å². The molecule has 3 heteroatoms. The average Bonchev–Trinajstić information content (AvgIpc) is 2.19. The molecule has 1 aromatic rings. The quantitative estimate of drug-likeness (QED) is 0.839. The third-order valence-electron chi connectivity index (χ3n) is 2.77. The number of piperidine rings is 1. The maximum atomic E-state index is 6.00. The van der Waals surface area contributed by atoms with Crippen molar-refractivity contribution < 1.29 is 4.74 Å². The summed E-state index contributed by atoms with van der Waals surface area (Å²) in [5.41, 5.74) is 0.0204. The van der Waals surface area contributed by atoms with E-state index >= 15 is 0 Å². The Morgan fingerprint density at radius 1 is 1.13 bits per heavy atom. The van der Waals surface area contributed by atoms with Crippen LogP contribution in [0.2, 0.25) is 0 Å². The lowest BCUT2D eigenvalue weighted by Gasteiger charge is -2.34. The molecule has 0 aliphatic carbocycles. The van der Waals surface area contributed by atoms with Gasteiger partial charge in [-0.25, -0.2) is 0 Å². The number of ether oxygens (including phenoxy) is 1. The molecule has 0 saturated carbocycles. The number of benzene rings is 1. The molecular formula is C12H18ClNO. The number of hydrogen-bond donors (Lipinski definition) is 1. The van der Waals surface area contributed by atoms with Gasteiger partial charge in [-0.1, -0.05) is 18.2 Å². The van der Waals surface area contributed by atoms with Gasteiger partial charge in [0.2, 0.25) is 0 Å². The molecule has 2 nitrogen and oxygen atoms in total. The molecule has 0 aromatic heterocycles. The van der Waals surface area contributed by atoms with Crippen molar-refractivity contribution in [2.24, 2.45) is 0 Å². The first-order valence-corrected chi connectivity index (χ1v) is 5.23. The van der Waals surface area contributed by atoms with E-state index in [1.807, 2.05) is 30.3 Å². The van der Waals surface area contributed by atoms with E-state index in [2.05, 4.69) is 12.2 Å². The molecule has 0 bridgehead atoms. The van der Waals surface area contributed by atoms with Gasteiger partial charge in [0.1, 0.15) is 11.4 Å². The van der Waals surface area contributed by atoms with Crippen LogP contribution in [0.25, 0.3) is 0 Å². The van der Waals surface area contributed by atoms with Crippen LogP contribution in [0.3, 0.4) is 0 Å². The van der Waals surface area contributed by atoms with E-state index in [1.54, 1.807) is 0 Å². The topological polar surface area (TPSA) is 21.3 Å². The molecule has 0 amide bonds. The first-order valence-electron chi connectivity index (χ1n) is 5.23. The number of nitrogens with one attached hydrogen (secondary N) is 1. The normalized spacial score (nSPS) is 19.0. The molecule has 0 radical (unpaired) electrons. The van der Waals surface area contributed by atoms with Gasteiger partial charge in [0.15, 0.2) is 0 Å². The average molecular weight is 228 g/mol. The van der Waals surface area contributed by atoms with Crippen molar-refractivity contribution in [3.05, 3.63) is 30.3 Å². The summed E-state index contributed by atoms with van der Waals surface area (Å²) >= 11 is 0. The van der Waals surface area contributed by atoms with Gasteiger partial charge in [-0.3, -0.25) is 0 Å². The van der Waals surface area contributed by atoms with Gasteiger partial charge in [-0.15, -0.1) is 12.4 Å². The maximum absolute atomic E-state index is 6.00. The Bertz CT molecular complexity index is 283. The standard InChI is InChI=1S/C12H17NO.ClH/c1-12(7-9-13-10-8-12)14-11-5-3-2-4-6-11;/h2-6,13H,7-10H2,1H3;1H.